The highest BCUT2D eigenvalue weighted by atomic mass is 16.6. The van der Waals surface area contributed by atoms with E-state index in [2.05, 4.69) is 0 Å². The van der Waals surface area contributed by atoms with E-state index in [0.717, 1.165) is 12.0 Å². The summed E-state index contributed by atoms with van der Waals surface area (Å²) < 4.78 is 10.5. The molecule has 2 aromatic carbocycles. The van der Waals surface area contributed by atoms with Gasteiger partial charge in [0.1, 0.15) is 12.1 Å². The van der Waals surface area contributed by atoms with E-state index in [4.69, 9.17) is 15.2 Å². The fourth-order valence-electron chi connectivity index (χ4n) is 2.74. The third-order valence-electron chi connectivity index (χ3n) is 4.18. The van der Waals surface area contributed by atoms with Gasteiger partial charge in [-0.25, -0.2) is 0 Å². The number of hydrogen-bond donors (Lipinski definition) is 1. The average molecular weight is 339 g/mol. The highest BCUT2D eigenvalue weighted by Crippen LogP contribution is 2.13. The van der Waals surface area contributed by atoms with Gasteiger partial charge < -0.3 is 15.2 Å². The van der Waals surface area contributed by atoms with Crippen molar-refractivity contribution in [2.24, 2.45) is 5.73 Å². The smallest absolute Gasteiger partial charge is 0.323 e. The van der Waals surface area contributed by atoms with Crippen molar-refractivity contribution >= 4 is 11.8 Å². The molecule has 1 fully saturated rings. The van der Waals surface area contributed by atoms with Gasteiger partial charge in [-0.15, -0.1) is 0 Å². The molecule has 2 atom stereocenters. The van der Waals surface area contributed by atoms with Crippen LogP contribution in [-0.4, -0.2) is 37.1 Å². The Kier molecular flexibility index (Phi) is 5.58. The van der Waals surface area contributed by atoms with Gasteiger partial charge in [0.05, 0.1) is 13.2 Å². The van der Waals surface area contributed by atoms with Crippen molar-refractivity contribution in [2.45, 2.75) is 25.0 Å². The molecular formula is C20H21NO4. The molecule has 25 heavy (non-hydrogen) atoms. The molecule has 5 heteroatoms. The van der Waals surface area contributed by atoms with Gasteiger partial charge in [0.2, 0.25) is 0 Å². The Labute approximate surface area is 146 Å². The van der Waals surface area contributed by atoms with E-state index < -0.39 is 12.0 Å². The van der Waals surface area contributed by atoms with Crippen molar-refractivity contribution < 1.29 is 19.1 Å². The third kappa shape index (κ3) is 4.53. The van der Waals surface area contributed by atoms with Crippen molar-refractivity contribution in [3.05, 3.63) is 71.3 Å². The van der Waals surface area contributed by atoms with Gasteiger partial charge in [-0.2, -0.15) is 0 Å². The zero-order valence-corrected chi connectivity index (χ0v) is 13.9. The second-order valence-electron chi connectivity index (χ2n) is 6.13. The second kappa shape index (κ2) is 8.05. The summed E-state index contributed by atoms with van der Waals surface area (Å²) >= 11 is 0. The van der Waals surface area contributed by atoms with E-state index in [1.807, 2.05) is 30.3 Å². The van der Waals surface area contributed by atoms with Crippen LogP contribution >= 0.6 is 0 Å². The first-order valence-electron chi connectivity index (χ1n) is 8.36. The van der Waals surface area contributed by atoms with Gasteiger partial charge in [0, 0.05) is 17.5 Å². The lowest BCUT2D eigenvalue weighted by molar-refractivity contribution is -0.150. The van der Waals surface area contributed by atoms with Crippen LogP contribution in [0.15, 0.2) is 54.6 Å². The van der Waals surface area contributed by atoms with Crippen molar-refractivity contribution in [3.8, 4) is 0 Å². The maximum Gasteiger partial charge on any atom is 0.323 e. The molecule has 2 aromatic rings. The Morgan fingerprint density at radius 3 is 2.40 bits per heavy atom. The number of carbonyl (C=O) groups is 2. The zero-order valence-electron chi connectivity index (χ0n) is 13.9. The van der Waals surface area contributed by atoms with Crippen LogP contribution in [0.2, 0.25) is 0 Å². The molecule has 3 rings (SSSR count). The molecule has 2 unspecified atom stereocenters. The van der Waals surface area contributed by atoms with E-state index in [1.54, 1.807) is 24.3 Å². The average Bonchev–Trinajstić information content (AvgIpc) is 3.15. The minimum Gasteiger partial charge on any atom is -0.459 e. The minimum absolute atomic E-state index is 0.0305. The van der Waals surface area contributed by atoms with Crippen molar-refractivity contribution in [1.29, 1.82) is 0 Å². The standard InChI is InChI=1S/C20H21NO4/c21-18(20(23)25-17-10-11-24-13-17)12-14-6-8-16(9-7-14)19(22)15-4-2-1-3-5-15/h1-9,17-18H,10-13,21H2. The van der Waals surface area contributed by atoms with Crippen LogP contribution in [-0.2, 0) is 20.7 Å². The van der Waals surface area contributed by atoms with Crippen LogP contribution < -0.4 is 5.73 Å². The van der Waals surface area contributed by atoms with Gasteiger partial charge in [0.25, 0.3) is 0 Å². The molecule has 1 saturated heterocycles. The fourth-order valence-corrected chi connectivity index (χ4v) is 2.74. The first-order chi connectivity index (χ1) is 12.1. The summed E-state index contributed by atoms with van der Waals surface area (Å²) in [6.07, 6.45) is 0.894. The summed E-state index contributed by atoms with van der Waals surface area (Å²) in [7, 11) is 0. The number of rotatable bonds is 6. The molecule has 2 N–H and O–H groups in total. The monoisotopic (exact) mass is 339 g/mol. The molecule has 0 radical (unpaired) electrons. The molecule has 0 saturated carbocycles. The largest absolute Gasteiger partial charge is 0.459 e. The fraction of sp³-hybridized carbons (Fsp3) is 0.300. The van der Waals surface area contributed by atoms with Gasteiger partial charge in [-0.3, -0.25) is 9.59 Å². The van der Waals surface area contributed by atoms with E-state index in [-0.39, 0.29) is 11.9 Å². The van der Waals surface area contributed by atoms with Crippen LogP contribution in [0.5, 0.6) is 0 Å². The summed E-state index contributed by atoms with van der Waals surface area (Å²) in [4.78, 5) is 24.4. The number of carbonyl (C=O) groups excluding carboxylic acids is 2. The lowest BCUT2D eigenvalue weighted by atomic mass is 10.00. The summed E-state index contributed by atoms with van der Waals surface area (Å²) in [5.41, 5.74) is 8.07. The van der Waals surface area contributed by atoms with Crippen LogP contribution in [0.4, 0.5) is 0 Å². The SMILES string of the molecule is NC(Cc1ccc(C(=O)c2ccccc2)cc1)C(=O)OC1CCOC1. The van der Waals surface area contributed by atoms with E-state index in [9.17, 15) is 9.59 Å². The Hall–Kier alpha value is -2.50. The van der Waals surface area contributed by atoms with E-state index in [0.29, 0.717) is 30.8 Å². The summed E-state index contributed by atoms with van der Waals surface area (Å²) in [5, 5.41) is 0. The molecule has 0 spiro atoms. The lowest BCUT2D eigenvalue weighted by Crippen LogP contribution is -2.36. The second-order valence-corrected chi connectivity index (χ2v) is 6.13. The predicted molar refractivity (Wildman–Crippen MR) is 93.3 cm³/mol. The lowest BCUT2D eigenvalue weighted by Gasteiger charge is -2.15. The highest BCUT2D eigenvalue weighted by Gasteiger charge is 2.23. The number of ether oxygens (including phenoxy) is 2. The quantitative estimate of drug-likeness (QED) is 0.644. The molecule has 0 amide bonds. The molecule has 130 valence electrons. The molecule has 1 aliphatic heterocycles. The summed E-state index contributed by atoms with van der Waals surface area (Å²) in [6.45, 7) is 1.05. The Morgan fingerprint density at radius 1 is 1.08 bits per heavy atom. The molecule has 0 aromatic heterocycles. The molecule has 1 aliphatic rings. The van der Waals surface area contributed by atoms with Crippen molar-refractivity contribution in [2.75, 3.05) is 13.2 Å². The first-order valence-corrected chi connectivity index (χ1v) is 8.36. The maximum atomic E-state index is 12.4. The maximum absolute atomic E-state index is 12.4. The van der Waals surface area contributed by atoms with Crippen molar-refractivity contribution in [1.82, 2.24) is 0 Å². The topological polar surface area (TPSA) is 78.6 Å². The number of esters is 1. The minimum atomic E-state index is -0.726. The van der Waals surface area contributed by atoms with E-state index >= 15 is 0 Å². The van der Waals surface area contributed by atoms with Gasteiger partial charge >= 0.3 is 5.97 Å². The molecule has 0 bridgehead atoms. The number of benzene rings is 2. The van der Waals surface area contributed by atoms with Crippen LogP contribution in [0.1, 0.15) is 27.9 Å². The van der Waals surface area contributed by atoms with Crippen LogP contribution in [0, 0.1) is 0 Å². The Bertz CT molecular complexity index is 721. The molecule has 5 nitrogen and oxygen atoms in total. The summed E-state index contributed by atoms with van der Waals surface area (Å²) in [5.74, 6) is -0.447. The Balaban J connectivity index is 1.58. The normalized spacial score (nSPS) is 17.9. The van der Waals surface area contributed by atoms with E-state index in [1.165, 1.54) is 0 Å². The first kappa shape index (κ1) is 17.3. The van der Waals surface area contributed by atoms with Gasteiger partial charge in [0.15, 0.2) is 5.78 Å². The predicted octanol–water partition coefficient (Wildman–Crippen LogP) is 2.12. The molecule has 1 heterocycles. The molecular weight excluding hydrogens is 318 g/mol. The number of ketones is 1. The van der Waals surface area contributed by atoms with Crippen molar-refractivity contribution in [3.63, 3.8) is 0 Å². The zero-order chi connectivity index (χ0) is 17.6. The number of hydrogen-bond acceptors (Lipinski definition) is 5. The van der Waals surface area contributed by atoms with Gasteiger partial charge in [-0.1, -0.05) is 54.6 Å². The number of nitrogens with two attached hydrogens (primary N) is 1. The third-order valence-corrected chi connectivity index (χ3v) is 4.18. The molecule has 0 aliphatic carbocycles. The van der Waals surface area contributed by atoms with Crippen LogP contribution in [0.3, 0.4) is 0 Å². The Morgan fingerprint density at radius 2 is 1.76 bits per heavy atom. The van der Waals surface area contributed by atoms with Crippen LogP contribution in [0.25, 0.3) is 0 Å². The highest BCUT2D eigenvalue weighted by molar-refractivity contribution is 6.08. The van der Waals surface area contributed by atoms with Gasteiger partial charge in [-0.05, 0) is 12.0 Å². The summed E-state index contributed by atoms with van der Waals surface area (Å²) in [6, 6.07) is 15.5.